The summed E-state index contributed by atoms with van der Waals surface area (Å²) in [6.45, 7) is 4.88. The number of hydrogen-bond donors (Lipinski definition) is 2. The van der Waals surface area contributed by atoms with E-state index < -0.39 is 24.6 Å². The summed E-state index contributed by atoms with van der Waals surface area (Å²) in [6, 6.07) is 4.65. The van der Waals surface area contributed by atoms with Crippen molar-refractivity contribution in [1.29, 1.82) is 0 Å². The molecule has 120 valence electrons. The lowest BCUT2D eigenvalue weighted by atomic mass is 10.1. The monoisotopic (exact) mass is 334 g/mol. The molecule has 0 bridgehead atoms. The third-order valence-electron chi connectivity index (χ3n) is 3.54. The van der Waals surface area contributed by atoms with Crippen molar-refractivity contribution in [2.24, 2.45) is 5.73 Å². The molecule has 6 nitrogen and oxygen atoms in total. The van der Waals surface area contributed by atoms with E-state index in [0.29, 0.717) is 6.54 Å². The largest absolute Gasteiger partial charge is 0.326 e. The van der Waals surface area contributed by atoms with Crippen LogP contribution >= 0.6 is 0 Å². The molecule has 1 rings (SSSR count). The second-order valence-electron chi connectivity index (χ2n) is 5.65. The first kappa shape index (κ1) is 18.1. The van der Waals surface area contributed by atoms with Crippen LogP contribution in [0.1, 0.15) is 25.0 Å². The van der Waals surface area contributed by atoms with E-state index in [4.69, 9.17) is 5.73 Å². The van der Waals surface area contributed by atoms with E-state index in [2.05, 4.69) is 4.72 Å². The zero-order chi connectivity index (χ0) is 16.5. The quantitative estimate of drug-likeness (QED) is 0.790. The maximum atomic E-state index is 12.2. The molecule has 0 unspecified atom stereocenters. The molecule has 1 aromatic carbocycles. The highest BCUT2D eigenvalue weighted by Gasteiger charge is 2.31. The lowest BCUT2D eigenvalue weighted by molar-refractivity contribution is 0.537. The summed E-state index contributed by atoms with van der Waals surface area (Å²) in [6.07, 6.45) is 1.08. The summed E-state index contributed by atoms with van der Waals surface area (Å²) in [5.41, 5.74) is 7.19. The first-order chi connectivity index (χ1) is 9.40. The van der Waals surface area contributed by atoms with Crippen molar-refractivity contribution < 1.29 is 16.8 Å². The molecular formula is C13H22N2O4S2. The molecule has 0 spiro atoms. The summed E-state index contributed by atoms with van der Waals surface area (Å²) < 4.78 is 48.8. The first-order valence-electron chi connectivity index (χ1n) is 6.39. The normalized spacial score (nSPS) is 13.4. The van der Waals surface area contributed by atoms with Crippen molar-refractivity contribution in [1.82, 2.24) is 4.72 Å². The molecular weight excluding hydrogens is 312 g/mol. The zero-order valence-corrected chi connectivity index (χ0v) is 14.3. The van der Waals surface area contributed by atoms with Crippen LogP contribution in [0.15, 0.2) is 23.1 Å². The van der Waals surface area contributed by atoms with Gasteiger partial charge in [0.15, 0.2) is 9.84 Å². The number of hydrogen-bond acceptors (Lipinski definition) is 5. The highest BCUT2D eigenvalue weighted by Crippen LogP contribution is 2.18. The van der Waals surface area contributed by atoms with Crippen LogP contribution in [-0.2, 0) is 26.4 Å². The Morgan fingerprint density at radius 3 is 2.19 bits per heavy atom. The van der Waals surface area contributed by atoms with Crippen molar-refractivity contribution in [2.75, 3.05) is 12.8 Å². The fourth-order valence-electron chi connectivity index (χ4n) is 1.55. The van der Waals surface area contributed by atoms with Crippen LogP contribution in [0.3, 0.4) is 0 Å². The Bertz CT molecular complexity index is 723. The molecule has 0 aliphatic heterocycles. The predicted molar refractivity (Wildman–Crippen MR) is 83.2 cm³/mol. The van der Waals surface area contributed by atoms with Gasteiger partial charge in [0.25, 0.3) is 0 Å². The Morgan fingerprint density at radius 2 is 1.76 bits per heavy atom. The fourth-order valence-corrected chi connectivity index (χ4v) is 3.27. The van der Waals surface area contributed by atoms with E-state index >= 15 is 0 Å². The van der Waals surface area contributed by atoms with Crippen molar-refractivity contribution in [3.05, 3.63) is 29.3 Å². The van der Waals surface area contributed by atoms with Crippen LogP contribution in [0.2, 0.25) is 0 Å². The molecule has 0 fully saturated rings. The first-order valence-corrected chi connectivity index (χ1v) is 9.77. The van der Waals surface area contributed by atoms with Crippen LogP contribution < -0.4 is 10.5 Å². The molecule has 0 heterocycles. The maximum Gasteiger partial charge on any atom is 0.240 e. The van der Waals surface area contributed by atoms with Crippen LogP contribution in [0.25, 0.3) is 0 Å². The number of rotatable bonds is 6. The second-order valence-corrected chi connectivity index (χ2v) is 10.1. The molecule has 0 amide bonds. The molecule has 1 aromatic rings. The maximum absolute atomic E-state index is 12.2. The molecule has 0 aliphatic rings. The van der Waals surface area contributed by atoms with Gasteiger partial charge in [-0.15, -0.1) is 0 Å². The van der Waals surface area contributed by atoms with E-state index in [0.717, 1.165) is 17.4 Å². The molecule has 0 aromatic heterocycles. The summed E-state index contributed by atoms with van der Waals surface area (Å²) in [5.74, 6) is 0. The molecule has 3 N–H and O–H groups in total. The van der Waals surface area contributed by atoms with Crippen LogP contribution in [0, 0.1) is 6.92 Å². The molecule has 0 saturated carbocycles. The number of benzene rings is 1. The molecule has 8 heteroatoms. The number of aryl methyl sites for hydroxylation is 1. The minimum atomic E-state index is -3.76. The Kier molecular flexibility index (Phi) is 5.20. The highest BCUT2D eigenvalue weighted by molar-refractivity contribution is 7.92. The smallest absolute Gasteiger partial charge is 0.240 e. The van der Waals surface area contributed by atoms with E-state index in [1.54, 1.807) is 13.0 Å². The number of nitrogens with one attached hydrogen (secondary N) is 1. The third kappa shape index (κ3) is 4.26. The Hall–Kier alpha value is -0.960. The summed E-state index contributed by atoms with van der Waals surface area (Å²) >= 11 is 0. The van der Waals surface area contributed by atoms with Crippen molar-refractivity contribution in [2.45, 2.75) is 37.0 Å². The summed E-state index contributed by atoms with van der Waals surface area (Å²) in [4.78, 5) is 0.0986. The van der Waals surface area contributed by atoms with Gasteiger partial charge < -0.3 is 5.73 Å². The molecule has 0 aliphatic carbocycles. The van der Waals surface area contributed by atoms with Crippen molar-refractivity contribution in [3.8, 4) is 0 Å². The predicted octanol–water partition coefficient (Wildman–Crippen LogP) is 0.555. The molecule has 0 saturated heterocycles. The summed E-state index contributed by atoms with van der Waals surface area (Å²) in [7, 11) is -7.13. The van der Waals surface area contributed by atoms with Gasteiger partial charge in [0.2, 0.25) is 10.0 Å². The van der Waals surface area contributed by atoms with Gasteiger partial charge in [0, 0.05) is 19.3 Å². The topological polar surface area (TPSA) is 106 Å². The lowest BCUT2D eigenvalue weighted by Gasteiger charge is -2.22. The van der Waals surface area contributed by atoms with Gasteiger partial charge >= 0.3 is 0 Å². The Labute approximate surface area is 126 Å². The molecule has 0 radical (unpaired) electrons. The number of nitrogens with two attached hydrogens (primary N) is 1. The average Bonchev–Trinajstić information content (AvgIpc) is 2.35. The van der Waals surface area contributed by atoms with Gasteiger partial charge in [-0.3, -0.25) is 0 Å². The lowest BCUT2D eigenvalue weighted by Crippen LogP contribution is -2.43. The van der Waals surface area contributed by atoms with Gasteiger partial charge in [0.1, 0.15) is 0 Å². The van der Waals surface area contributed by atoms with Gasteiger partial charge in [-0.2, -0.15) is 0 Å². The van der Waals surface area contributed by atoms with Crippen LogP contribution in [0.5, 0.6) is 0 Å². The molecule has 21 heavy (non-hydrogen) atoms. The Balaban J connectivity index is 3.01. The van der Waals surface area contributed by atoms with Gasteiger partial charge in [0.05, 0.1) is 9.64 Å². The SMILES string of the molecule is Cc1cc(S(=O)(=O)NCC(C)(C)S(C)(=O)=O)ccc1CN. The van der Waals surface area contributed by atoms with Crippen molar-refractivity contribution in [3.63, 3.8) is 0 Å². The van der Waals surface area contributed by atoms with Crippen LogP contribution in [0.4, 0.5) is 0 Å². The minimum absolute atomic E-state index is 0.0986. The minimum Gasteiger partial charge on any atom is -0.326 e. The van der Waals surface area contributed by atoms with Gasteiger partial charge in [-0.25, -0.2) is 21.6 Å². The van der Waals surface area contributed by atoms with Crippen molar-refractivity contribution >= 4 is 19.9 Å². The average molecular weight is 334 g/mol. The van der Waals surface area contributed by atoms with E-state index in [9.17, 15) is 16.8 Å². The van der Waals surface area contributed by atoms with E-state index in [1.807, 2.05) is 0 Å². The van der Waals surface area contributed by atoms with Gasteiger partial charge in [-0.1, -0.05) is 6.07 Å². The van der Waals surface area contributed by atoms with E-state index in [1.165, 1.54) is 26.0 Å². The number of sulfone groups is 1. The van der Waals surface area contributed by atoms with Gasteiger partial charge in [-0.05, 0) is 44.0 Å². The van der Waals surface area contributed by atoms with E-state index in [-0.39, 0.29) is 11.4 Å². The second kappa shape index (κ2) is 6.04. The number of sulfonamides is 1. The standard InChI is InChI=1S/C13H22N2O4S2/c1-10-7-12(6-5-11(10)8-14)21(18,19)15-9-13(2,3)20(4,16)17/h5-7,15H,8-9,14H2,1-4H3. The molecule has 0 atom stereocenters. The fraction of sp³-hybridized carbons (Fsp3) is 0.538. The third-order valence-corrected chi connectivity index (χ3v) is 7.09. The van der Waals surface area contributed by atoms with Crippen LogP contribution in [-0.4, -0.2) is 34.4 Å². The Morgan fingerprint density at radius 1 is 1.19 bits per heavy atom. The highest BCUT2D eigenvalue weighted by atomic mass is 32.2. The zero-order valence-electron chi connectivity index (χ0n) is 12.7. The summed E-state index contributed by atoms with van der Waals surface area (Å²) in [5, 5.41) is 0.